The van der Waals surface area contributed by atoms with Crippen molar-refractivity contribution in [2.75, 3.05) is 36.4 Å². The molecule has 0 unspecified atom stereocenters. The fourth-order valence-corrected chi connectivity index (χ4v) is 5.36. The molecule has 2 aromatic rings. The fourth-order valence-electron chi connectivity index (χ4n) is 4.38. The van der Waals surface area contributed by atoms with Crippen LogP contribution in [0, 0.1) is 11.8 Å². The summed E-state index contributed by atoms with van der Waals surface area (Å²) in [5.41, 5.74) is 0.102. The Hall–Kier alpha value is -3.06. The molecule has 1 N–H and O–H groups in total. The molecule has 2 amide bonds. The summed E-state index contributed by atoms with van der Waals surface area (Å²) in [6.45, 7) is 4.52. The zero-order chi connectivity index (χ0) is 25.0. The van der Waals surface area contributed by atoms with Crippen LogP contribution in [0.25, 0.3) is 0 Å². The van der Waals surface area contributed by atoms with Crippen molar-refractivity contribution in [3.8, 4) is 11.8 Å². The van der Waals surface area contributed by atoms with Crippen LogP contribution in [0.3, 0.4) is 0 Å². The zero-order valence-electron chi connectivity index (χ0n) is 19.5. The quantitative estimate of drug-likeness (QED) is 0.586. The third-order valence-electron chi connectivity index (χ3n) is 6.28. The van der Waals surface area contributed by atoms with E-state index in [0.29, 0.717) is 25.2 Å². The van der Waals surface area contributed by atoms with Gasteiger partial charge in [0.1, 0.15) is 5.69 Å². The maximum absolute atomic E-state index is 13.3. The Labute approximate surface area is 206 Å². The molecule has 1 aromatic heterocycles. The second-order valence-corrected chi connectivity index (χ2v) is 9.56. The lowest BCUT2D eigenvalue weighted by Crippen LogP contribution is -2.37. The van der Waals surface area contributed by atoms with Gasteiger partial charge in [0.05, 0.1) is 21.9 Å². The number of likely N-dealkylation sites (tertiary alicyclic amines) is 1. The minimum Gasteiger partial charge on any atom is -0.370 e. The van der Waals surface area contributed by atoms with E-state index in [1.165, 1.54) is 17.4 Å². The predicted octanol–water partition coefficient (Wildman–Crippen LogP) is 5.13. The molecule has 1 aromatic carbocycles. The van der Waals surface area contributed by atoms with Crippen molar-refractivity contribution in [1.82, 2.24) is 9.88 Å². The van der Waals surface area contributed by atoms with Crippen LogP contribution >= 0.6 is 11.3 Å². The molecule has 10 heteroatoms. The van der Waals surface area contributed by atoms with Gasteiger partial charge >= 0.3 is 6.18 Å². The van der Waals surface area contributed by atoms with Crippen molar-refractivity contribution in [3.63, 3.8) is 0 Å². The van der Waals surface area contributed by atoms with E-state index >= 15 is 0 Å². The molecule has 35 heavy (non-hydrogen) atoms. The number of hydrogen-bond acceptors (Lipinski definition) is 5. The molecule has 0 saturated carbocycles. The van der Waals surface area contributed by atoms with Gasteiger partial charge in [-0.15, -0.1) is 11.3 Å². The van der Waals surface area contributed by atoms with Crippen LogP contribution < -0.4 is 10.2 Å². The molecule has 2 aliphatic heterocycles. The number of anilines is 2. The SMILES string of the molecule is CCC#CC(=O)N1CCC(c2nc(C(=O)Nc3cc(C(F)(F)F)ccc3N3CCCC3)cs2)CC1. The Morgan fingerprint density at radius 1 is 1.17 bits per heavy atom. The molecule has 0 aliphatic carbocycles. The van der Waals surface area contributed by atoms with Gasteiger partial charge in [-0.25, -0.2) is 4.98 Å². The molecule has 186 valence electrons. The summed E-state index contributed by atoms with van der Waals surface area (Å²) in [4.78, 5) is 33.2. The van der Waals surface area contributed by atoms with E-state index in [4.69, 9.17) is 0 Å². The third-order valence-corrected chi connectivity index (χ3v) is 7.28. The summed E-state index contributed by atoms with van der Waals surface area (Å²) in [5, 5.41) is 5.10. The number of benzene rings is 1. The Morgan fingerprint density at radius 3 is 2.54 bits per heavy atom. The van der Waals surface area contributed by atoms with Gasteiger partial charge in [-0.05, 0) is 49.8 Å². The monoisotopic (exact) mass is 504 g/mol. The van der Waals surface area contributed by atoms with E-state index in [2.05, 4.69) is 22.1 Å². The Bertz CT molecular complexity index is 1140. The van der Waals surface area contributed by atoms with E-state index in [0.717, 1.165) is 55.9 Å². The minimum atomic E-state index is -4.50. The largest absolute Gasteiger partial charge is 0.416 e. The van der Waals surface area contributed by atoms with Crippen LogP contribution in [0.15, 0.2) is 23.6 Å². The second kappa shape index (κ2) is 10.7. The lowest BCUT2D eigenvalue weighted by atomic mass is 9.97. The van der Waals surface area contributed by atoms with Crippen LogP contribution in [0.2, 0.25) is 0 Å². The van der Waals surface area contributed by atoms with Crippen LogP contribution in [0.4, 0.5) is 24.5 Å². The van der Waals surface area contributed by atoms with E-state index in [9.17, 15) is 22.8 Å². The molecule has 4 rings (SSSR count). The Kier molecular flexibility index (Phi) is 7.65. The number of nitrogens with zero attached hydrogens (tertiary/aromatic N) is 3. The second-order valence-electron chi connectivity index (χ2n) is 8.67. The Morgan fingerprint density at radius 2 is 1.89 bits per heavy atom. The fraction of sp³-hybridized carbons (Fsp3) is 0.480. The van der Waals surface area contributed by atoms with Crippen LogP contribution in [0.5, 0.6) is 0 Å². The number of alkyl halides is 3. The molecule has 3 heterocycles. The van der Waals surface area contributed by atoms with Crippen molar-refractivity contribution >= 4 is 34.5 Å². The number of aromatic nitrogens is 1. The van der Waals surface area contributed by atoms with Crippen LogP contribution in [-0.4, -0.2) is 47.9 Å². The smallest absolute Gasteiger partial charge is 0.370 e. The van der Waals surface area contributed by atoms with Gasteiger partial charge in [0.25, 0.3) is 11.8 Å². The molecular weight excluding hydrogens is 477 g/mol. The maximum atomic E-state index is 13.3. The maximum Gasteiger partial charge on any atom is 0.416 e. The average molecular weight is 505 g/mol. The first-order valence-electron chi connectivity index (χ1n) is 11.8. The number of carbonyl (C=O) groups excluding carboxylic acids is 2. The van der Waals surface area contributed by atoms with Crippen molar-refractivity contribution in [1.29, 1.82) is 0 Å². The van der Waals surface area contributed by atoms with Gasteiger partial charge < -0.3 is 15.1 Å². The molecule has 0 radical (unpaired) electrons. The summed E-state index contributed by atoms with van der Waals surface area (Å²) in [7, 11) is 0. The molecule has 2 aliphatic rings. The number of hydrogen-bond donors (Lipinski definition) is 1. The van der Waals surface area contributed by atoms with Gasteiger partial charge in [0.2, 0.25) is 0 Å². The lowest BCUT2D eigenvalue weighted by molar-refractivity contribution is -0.137. The molecule has 2 fully saturated rings. The standard InChI is InChI=1S/C25H27F3N4O2S/c1-2-3-6-22(33)32-13-9-17(10-14-32)24-30-20(16-35-24)23(34)29-19-15-18(25(26,27)28)7-8-21(19)31-11-4-5-12-31/h7-8,15-17H,2,4-5,9-14H2,1H3,(H,29,34). The number of halogens is 3. The summed E-state index contributed by atoms with van der Waals surface area (Å²) in [6.07, 6.45) is -0.512. The van der Waals surface area contributed by atoms with Crippen molar-refractivity contribution < 1.29 is 22.8 Å². The molecular formula is C25H27F3N4O2S. The zero-order valence-corrected chi connectivity index (χ0v) is 20.3. The van der Waals surface area contributed by atoms with Crippen molar-refractivity contribution in [3.05, 3.63) is 39.8 Å². The van der Waals surface area contributed by atoms with Gasteiger partial charge in [0.15, 0.2) is 0 Å². The van der Waals surface area contributed by atoms with Gasteiger partial charge in [-0.3, -0.25) is 9.59 Å². The molecule has 6 nitrogen and oxygen atoms in total. The number of amides is 2. The molecule has 0 atom stereocenters. The highest BCUT2D eigenvalue weighted by Gasteiger charge is 2.32. The van der Waals surface area contributed by atoms with Crippen molar-refractivity contribution in [2.24, 2.45) is 0 Å². The lowest BCUT2D eigenvalue weighted by Gasteiger charge is -2.29. The van der Waals surface area contributed by atoms with E-state index in [1.807, 2.05) is 11.8 Å². The van der Waals surface area contributed by atoms with E-state index in [1.54, 1.807) is 10.3 Å². The Balaban J connectivity index is 1.45. The first kappa shape index (κ1) is 25.0. The minimum absolute atomic E-state index is 0.124. The van der Waals surface area contributed by atoms with Gasteiger partial charge in [-0.2, -0.15) is 13.2 Å². The summed E-state index contributed by atoms with van der Waals surface area (Å²) < 4.78 is 39.9. The van der Waals surface area contributed by atoms with Crippen LogP contribution in [-0.2, 0) is 11.0 Å². The number of rotatable bonds is 4. The summed E-state index contributed by atoms with van der Waals surface area (Å²) in [5.74, 6) is 4.85. The number of carbonyl (C=O) groups is 2. The predicted molar refractivity (Wildman–Crippen MR) is 130 cm³/mol. The number of nitrogens with one attached hydrogen (secondary N) is 1. The third kappa shape index (κ3) is 5.96. The van der Waals surface area contributed by atoms with Crippen molar-refractivity contribution in [2.45, 2.75) is 51.1 Å². The van der Waals surface area contributed by atoms with Crippen LogP contribution in [0.1, 0.15) is 66.0 Å². The van der Waals surface area contributed by atoms with Gasteiger partial charge in [0, 0.05) is 43.9 Å². The first-order valence-corrected chi connectivity index (χ1v) is 12.6. The summed E-state index contributed by atoms with van der Waals surface area (Å²) in [6, 6.07) is 3.47. The summed E-state index contributed by atoms with van der Waals surface area (Å²) >= 11 is 1.36. The normalized spacial score (nSPS) is 16.7. The average Bonchev–Trinajstić information content (AvgIpc) is 3.55. The topological polar surface area (TPSA) is 65.5 Å². The molecule has 0 spiro atoms. The van der Waals surface area contributed by atoms with E-state index in [-0.39, 0.29) is 23.2 Å². The van der Waals surface area contributed by atoms with Gasteiger partial charge in [-0.1, -0.05) is 12.8 Å². The number of piperidine rings is 1. The number of thiazole rings is 1. The highest BCUT2D eigenvalue weighted by molar-refractivity contribution is 7.10. The first-order chi connectivity index (χ1) is 16.8. The highest BCUT2D eigenvalue weighted by atomic mass is 32.1. The van der Waals surface area contributed by atoms with E-state index < -0.39 is 17.6 Å². The molecule has 0 bridgehead atoms. The highest BCUT2D eigenvalue weighted by Crippen LogP contribution is 2.37. The molecule has 2 saturated heterocycles.